The Labute approximate surface area is 140 Å². The predicted octanol–water partition coefficient (Wildman–Crippen LogP) is 1.63. The molecule has 1 aliphatic carbocycles. The molecule has 3 heterocycles. The van der Waals surface area contributed by atoms with Gasteiger partial charge in [-0.25, -0.2) is 14.6 Å². The minimum absolute atomic E-state index is 0.586. The molecule has 0 spiro atoms. The van der Waals surface area contributed by atoms with Gasteiger partial charge in [0.2, 0.25) is 5.95 Å². The molecule has 0 radical (unpaired) electrons. The molecule has 23 heavy (non-hydrogen) atoms. The van der Waals surface area contributed by atoms with Gasteiger partial charge in [-0.3, -0.25) is 4.90 Å². The summed E-state index contributed by atoms with van der Waals surface area (Å²) < 4.78 is 5.04. The molecular weight excluding hydrogens is 310 g/mol. The molecule has 2 aromatic rings. The first kappa shape index (κ1) is 14.8. The molecule has 4 rings (SSSR count). The Bertz CT molecular complexity index is 726. The van der Waals surface area contributed by atoms with Gasteiger partial charge in [-0.15, -0.1) is 0 Å². The molecule has 7 nitrogen and oxygen atoms in total. The van der Waals surface area contributed by atoms with Crippen LogP contribution in [0, 0.1) is 11.7 Å². The molecule has 1 aliphatic heterocycles. The fourth-order valence-corrected chi connectivity index (χ4v) is 3.49. The van der Waals surface area contributed by atoms with Crippen LogP contribution in [0.1, 0.15) is 24.7 Å². The Morgan fingerprint density at radius 1 is 1.13 bits per heavy atom. The number of aryl methyl sites for hydroxylation is 1. The third kappa shape index (κ3) is 3.00. The van der Waals surface area contributed by atoms with E-state index in [9.17, 15) is 0 Å². The molecule has 2 aliphatic rings. The van der Waals surface area contributed by atoms with Gasteiger partial charge in [0.1, 0.15) is 5.82 Å². The largest absolute Gasteiger partial charge is 0.338 e. The van der Waals surface area contributed by atoms with Crippen molar-refractivity contribution in [3.05, 3.63) is 29.1 Å². The molecule has 0 amide bonds. The fourth-order valence-electron chi connectivity index (χ4n) is 3.11. The van der Waals surface area contributed by atoms with Crippen molar-refractivity contribution in [3.8, 4) is 0 Å². The van der Waals surface area contributed by atoms with Crippen molar-refractivity contribution in [3.63, 3.8) is 0 Å². The van der Waals surface area contributed by atoms with Crippen molar-refractivity contribution in [1.29, 1.82) is 0 Å². The Kier molecular flexibility index (Phi) is 3.86. The lowest BCUT2D eigenvalue weighted by atomic mass is 10.3. The minimum Gasteiger partial charge on any atom is -0.338 e. The fraction of sp³-hybridized carbons (Fsp3) is 0.600. The van der Waals surface area contributed by atoms with Crippen LogP contribution in [0.25, 0.3) is 0 Å². The standard InChI is InChI=1S/C15H21N7S/c1-12-18-21(15(23)22(12)13-3-4-13)11-19-7-9-20(10-8-19)14-16-5-2-6-17-14/h2,5-6,13H,3-4,7-11H2,1H3. The molecule has 2 fully saturated rings. The van der Waals surface area contributed by atoms with Gasteiger partial charge < -0.3 is 9.47 Å². The number of anilines is 1. The van der Waals surface area contributed by atoms with Crippen LogP contribution in [0.2, 0.25) is 0 Å². The highest BCUT2D eigenvalue weighted by Gasteiger charge is 2.27. The van der Waals surface area contributed by atoms with Crippen molar-refractivity contribution in [2.45, 2.75) is 32.5 Å². The Hall–Kier alpha value is -1.80. The topological polar surface area (TPSA) is 55.0 Å². The summed E-state index contributed by atoms with van der Waals surface area (Å²) in [4.78, 5) is 13.3. The van der Waals surface area contributed by atoms with Crippen LogP contribution < -0.4 is 4.90 Å². The Balaban J connectivity index is 1.40. The molecule has 8 heteroatoms. The van der Waals surface area contributed by atoms with Crippen molar-refractivity contribution in [2.75, 3.05) is 31.1 Å². The summed E-state index contributed by atoms with van der Waals surface area (Å²) in [6, 6.07) is 2.43. The van der Waals surface area contributed by atoms with Crippen LogP contribution in [-0.4, -0.2) is 55.4 Å². The third-order valence-electron chi connectivity index (χ3n) is 4.49. The number of piperazine rings is 1. The van der Waals surface area contributed by atoms with Gasteiger partial charge in [0.25, 0.3) is 0 Å². The van der Waals surface area contributed by atoms with Gasteiger partial charge in [-0.2, -0.15) is 5.10 Å². The molecule has 0 atom stereocenters. The van der Waals surface area contributed by atoms with Gasteiger partial charge in [0.05, 0.1) is 6.67 Å². The van der Waals surface area contributed by atoms with Crippen LogP contribution in [0.4, 0.5) is 5.95 Å². The van der Waals surface area contributed by atoms with Crippen LogP contribution in [0.3, 0.4) is 0 Å². The first-order valence-corrected chi connectivity index (χ1v) is 8.53. The number of hydrogen-bond donors (Lipinski definition) is 0. The zero-order chi connectivity index (χ0) is 15.8. The highest BCUT2D eigenvalue weighted by atomic mass is 32.1. The molecule has 0 unspecified atom stereocenters. The monoisotopic (exact) mass is 331 g/mol. The first-order chi connectivity index (χ1) is 11.2. The van der Waals surface area contributed by atoms with Gasteiger partial charge in [0, 0.05) is 44.6 Å². The lowest BCUT2D eigenvalue weighted by molar-refractivity contribution is 0.193. The van der Waals surface area contributed by atoms with Crippen LogP contribution in [0.15, 0.2) is 18.5 Å². The predicted molar refractivity (Wildman–Crippen MR) is 89.9 cm³/mol. The third-order valence-corrected chi connectivity index (χ3v) is 4.90. The molecule has 0 N–H and O–H groups in total. The second-order valence-electron chi connectivity index (χ2n) is 6.23. The van der Waals surface area contributed by atoms with Gasteiger partial charge in [-0.1, -0.05) is 0 Å². The lowest BCUT2D eigenvalue weighted by Crippen LogP contribution is -2.47. The summed E-state index contributed by atoms with van der Waals surface area (Å²) in [5, 5.41) is 4.64. The summed E-state index contributed by atoms with van der Waals surface area (Å²) in [6.45, 7) is 6.61. The SMILES string of the molecule is Cc1nn(CN2CCN(c3ncccn3)CC2)c(=S)n1C1CC1. The Morgan fingerprint density at radius 3 is 2.48 bits per heavy atom. The van der Waals surface area contributed by atoms with E-state index in [1.807, 2.05) is 10.7 Å². The lowest BCUT2D eigenvalue weighted by Gasteiger charge is -2.34. The van der Waals surface area contributed by atoms with Crippen molar-refractivity contribution in [1.82, 2.24) is 29.2 Å². The van der Waals surface area contributed by atoms with Gasteiger partial charge >= 0.3 is 0 Å². The number of hydrogen-bond acceptors (Lipinski definition) is 6. The van der Waals surface area contributed by atoms with Crippen LogP contribution in [0.5, 0.6) is 0 Å². The number of aromatic nitrogens is 5. The average molecular weight is 331 g/mol. The number of rotatable bonds is 4. The molecule has 122 valence electrons. The molecule has 1 saturated carbocycles. The maximum Gasteiger partial charge on any atom is 0.225 e. The van der Waals surface area contributed by atoms with E-state index in [0.29, 0.717) is 6.04 Å². The second kappa shape index (κ2) is 6.01. The maximum absolute atomic E-state index is 5.60. The van der Waals surface area contributed by atoms with Crippen molar-refractivity contribution in [2.24, 2.45) is 0 Å². The van der Waals surface area contributed by atoms with E-state index >= 15 is 0 Å². The number of nitrogens with zero attached hydrogens (tertiary/aromatic N) is 7. The molecule has 0 bridgehead atoms. The van der Waals surface area contributed by atoms with Crippen molar-refractivity contribution >= 4 is 18.2 Å². The molecule has 0 aromatic carbocycles. The normalized spacial score (nSPS) is 19.3. The van der Waals surface area contributed by atoms with Crippen molar-refractivity contribution < 1.29 is 0 Å². The average Bonchev–Trinajstić information content (AvgIpc) is 3.36. The quantitative estimate of drug-likeness (QED) is 0.794. The van der Waals surface area contributed by atoms with Gasteiger partial charge in [-0.05, 0) is 38.0 Å². The minimum atomic E-state index is 0.586. The summed E-state index contributed by atoms with van der Waals surface area (Å²) in [7, 11) is 0. The van der Waals surface area contributed by atoms with E-state index in [1.54, 1.807) is 12.4 Å². The molecular formula is C15H21N7S. The summed E-state index contributed by atoms with van der Waals surface area (Å²) in [5.74, 6) is 1.85. The highest BCUT2D eigenvalue weighted by Crippen LogP contribution is 2.35. The second-order valence-corrected chi connectivity index (χ2v) is 6.59. The summed E-state index contributed by atoms with van der Waals surface area (Å²) >= 11 is 5.60. The highest BCUT2D eigenvalue weighted by molar-refractivity contribution is 7.71. The van der Waals surface area contributed by atoms with E-state index in [-0.39, 0.29) is 0 Å². The van der Waals surface area contributed by atoms with E-state index in [1.165, 1.54) is 12.8 Å². The smallest absolute Gasteiger partial charge is 0.225 e. The zero-order valence-electron chi connectivity index (χ0n) is 13.3. The maximum atomic E-state index is 5.60. The zero-order valence-corrected chi connectivity index (χ0v) is 14.1. The van der Waals surface area contributed by atoms with Crippen LogP contribution in [-0.2, 0) is 6.67 Å². The van der Waals surface area contributed by atoms with E-state index in [0.717, 1.165) is 49.4 Å². The summed E-state index contributed by atoms with van der Waals surface area (Å²) in [5.41, 5.74) is 0. The molecule has 1 saturated heterocycles. The first-order valence-electron chi connectivity index (χ1n) is 8.12. The summed E-state index contributed by atoms with van der Waals surface area (Å²) in [6.07, 6.45) is 6.05. The van der Waals surface area contributed by atoms with E-state index < -0.39 is 0 Å². The Morgan fingerprint density at radius 2 is 1.83 bits per heavy atom. The van der Waals surface area contributed by atoms with E-state index in [2.05, 4.69) is 36.4 Å². The van der Waals surface area contributed by atoms with E-state index in [4.69, 9.17) is 12.2 Å². The van der Waals surface area contributed by atoms with Gasteiger partial charge in [0.15, 0.2) is 4.77 Å². The van der Waals surface area contributed by atoms with Crippen LogP contribution >= 0.6 is 12.2 Å². The molecule has 2 aromatic heterocycles.